The Morgan fingerprint density at radius 3 is 2.79 bits per heavy atom. The van der Waals surface area contributed by atoms with Crippen molar-refractivity contribution in [2.75, 3.05) is 0 Å². The Bertz CT molecular complexity index is 602. The number of carbonyl (C=O) groups is 1. The third kappa shape index (κ3) is 3.17. The molecule has 0 fully saturated rings. The first-order chi connectivity index (χ1) is 9.09. The van der Waals surface area contributed by atoms with E-state index in [4.69, 9.17) is 0 Å². The molecule has 1 atom stereocenters. The summed E-state index contributed by atoms with van der Waals surface area (Å²) in [7, 11) is 0. The predicted octanol–water partition coefficient (Wildman–Crippen LogP) is 2.96. The maximum atomic E-state index is 11.5. The molecule has 0 aliphatic carbocycles. The normalized spacial score (nSPS) is 12.1. The molecular weight excluding hydrogens is 308 g/mol. The minimum absolute atomic E-state index is 0.414. The number of carboxylic acid groups (broad SMARTS) is 1. The van der Waals surface area contributed by atoms with Crippen LogP contribution in [0, 0.1) is 6.92 Å². The van der Waals surface area contributed by atoms with Gasteiger partial charge in [0.15, 0.2) is 0 Å². The summed E-state index contributed by atoms with van der Waals surface area (Å²) in [5.74, 6) is -1.57. The molecule has 0 saturated heterocycles. The van der Waals surface area contributed by atoms with Crippen molar-refractivity contribution in [2.45, 2.75) is 19.3 Å². The molecule has 0 amide bonds. The van der Waals surface area contributed by atoms with E-state index < -0.39 is 11.9 Å². The average molecular weight is 321 g/mol. The van der Waals surface area contributed by atoms with Crippen LogP contribution >= 0.6 is 15.9 Å². The van der Waals surface area contributed by atoms with Crippen LogP contribution in [0.3, 0.4) is 0 Å². The Labute approximate surface area is 119 Å². The Balaban J connectivity index is 2.35. The zero-order valence-electron chi connectivity index (χ0n) is 10.4. The monoisotopic (exact) mass is 320 g/mol. The van der Waals surface area contributed by atoms with E-state index in [9.17, 15) is 9.90 Å². The molecule has 0 spiro atoms. The number of benzene rings is 1. The molecule has 0 aliphatic heterocycles. The fraction of sp³-hybridized carbons (Fsp3) is 0.214. The molecule has 4 nitrogen and oxygen atoms in total. The van der Waals surface area contributed by atoms with E-state index in [1.165, 1.54) is 6.33 Å². The summed E-state index contributed by atoms with van der Waals surface area (Å²) >= 11 is 3.31. The van der Waals surface area contributed by atoms with Gasteiger partial charge in [0.25, 0.3) is 0 Å². The van der Waals surface area contributed by atoms with Gasteiger partial charge in [0.1, 0.15) is 12.2 Å². The fourth-order valence-electron chi connectivity index (χ4n) is 1.94. The van der Waals surface area contributed by atoms with E-state index in [0.29, 0.717) is 16.6 Å². The van der Waals surface area contributed by atoms with Gasteiger partial charge in [0, 0.05) is 6.20 Å². The molecule has 2 rings (SSSR count). The Kier molecular flexibility index (Phi) is 4.27. The van der Waals surface area contributed by atoms with Crippen molar-refractivity contribution in [3.8, 4) is 0 Å². The Morgan fingerprint density at radius 2 is 2.16 bits per heavy atom. The molecule has 19 heavy (non-hydrogen) atoms. The molecule has 1 aromatic carbocycles. The predicted molar refractivity (Wildman–Crippen MR) is 75.0 cm³/mol. The second kappa shape index (κ2) is 5.93. The molecule has 0 radical (unpaired) electrons. The van der Waals surface area contributed by atoms with Gasteiger partial charge in [-0.2, -0.15) is 0 Å². The summed E-state index contributed by atoms with van der Waals surface area (Å²) < 4.78 is 0.621. The number of aromatic nitrogens is 2. The molecular formula is C14H13BrN2O2. The van der Waals surface area contributed by atoms with Gasteiger partial charge in [-0.05, 0) is 40.4 Å². The third-order valence-corrected chi connectivity index (χ3v) is 3.62. The lowest BCUT2D eigenvalue weighted by atomic mass is 9.93. The van der Waals surface area contributed by atoms with Gasteiger partial charge in [-0.1, -0.05) is 24.3 Å². The van der Waals surface area contributed by atoms with E-state index in [0.717, 1.165) is 11.1 Å². The number of aliphatic carboxylic acids is 1. The molecule has 0 saturated carbocycles. The van der Waals surface area contributed by atoms with Crippen LogP contribution in [0.1, 0.15) is 22.7 Å². The number of nitrogens with zero attached hydrogens (tertiary/aromatic N) is 2. The zero-order chi connectivity index (χ0) is 13.8. The largest absolute Gasteiger partial charge is 0.481 e. The highest BCUT2D eigenvalue weighted by Crippen LogP contribution is 2.26. The van der Waals surface area contributed by atoms with Crippen molar-refractivity contribution in [3.63, 3.8) is 0 Å². The number of aryl methyl sites for hydroxylation is 1. The minimum Gasteiger partial charge on any atom is -0.481 e. The molecule has 2 aromatic rings. The molecule has 1 unspecified atom stereocenters. The minimum atomic E-state index is -0.886. The van der Waals surface area contributed by atoms with Crippen LogP contribution in [0.25, 0.3) is 0 Å². The summed E-state index contributed by atoms with van der Waals surface area (Å²) in [6.45, 7) is 1.98. The van der Waals surface area contributed by atoms with Gasteiger partial charge in [-0.25, -0.2) is 9.97 Å². The lowest BCUT2D eigenvalue weighted by molar-refractivity contribution is -0.138. The van der Waals surface area contributed by atoms with E-state index >= 15 is 0 Å². The number of halogens is 1. The lowest BCUT2D eigenvalue weighted by Crippen LogP contribution is -2.17. The van der Waals surface area contributed by atoms with Gasteiger partial charge in [0.2, 0.25) is 0 Å². The molecule has 98 valence electrons. The van der Waals surface area contributed by atoms with Crippen molar-refractivity contribution < 1.29 is 9.90 Å². The standard InChI is InChI=1S/C14H13BrN2O2/c1-9-4-2-3-5-10(9)6-11(14(18)19)13-12(15)7-16-8-17-13/h2-5,7-8,11H,6H2,1H3,(H,18,19). The molecule has 0 aliphatic rings. The van der Waals surface area contributed by atoms with E-state index in [1.807, 2.05) is 31.2 Å². The summed E-state index contributed by atoms with van der Waals surface area (Å²) in [5, 5.41) is 9.42. The smallest absolute Gasteiger partial charge is 0.312 e. The number of rotatable bonds is 4. The quantitative estimate of drug-likeness (QED) is 0.940. The van der Waals surface area contributed by atoms with Crippen LogP contribution in [0.5, 0.6) is 0 Å². The Morgan fingerprint density at radius 1 is 1.42 bits per heavy atom. The second-order valence-corrected chi connectivity index (χ2v) is 5.13. The van der Waals surface area contributed by atoms with Crippen molar-refractivity contribution in [1.29, 1.82) is 0 Å². The second-order valence-electron chi connectivity index (χ2n) is 4.28. The van der Waals surface area contributed by atoms with Crippen LogP contribution in [-0.4, -0.2) is 21.0 Å². The van der Waals surface area contributed by atoms with E-state index in [-0.39, 0.29) is 0 Å². The highest BCUT2D eigenvalue weighted by molar-refractivity contribution is 9.10. The van der Waals surface area contributed by atoms with E-state index in [1.54, 1.807) is 6.20 Å². The van der Waals surface area contributed by atoms with Crippen LogP contribution in [0.2, 0.25) is 0 Å². The van der Waals surface area contributed by atoms with Gasteiger partial charge in [0.05, 0.1) is 10.2 Å². The van der Waals surface area contributed by atoms with Crippen molar-refractivity contribution >= 4 is 21.9 Å². The van der Waals surface area contributed by atoms with Gasteiger partial charge < -0.3 is 5.11 Å². The Hall–Kier alpha value is -1.75. The van der Waals surface area contributed by atoms with Crippen molar-refractivity contribution in [1.82, 2.24) is 9.97 Å². The first-order valence-corrected chi connectivity index (χ1v) is 6.61. The SMILES string of the molecule is Cc1ccccc1CC(C(=O)O)c1ncncc1Br. The molecule has 1 N–H and O–H groups in total. The average Bonchev–Trinajstić information content (AvgIpc) is 2.38. The van der Waals surface area contributed by atoms with Gasteiger partial charge >= 0.3 is 5.97 Å². The third-order valence-electron chi connectivity index (χ3n) is 3.01. The van der Waals surface area contributed by atoms with Crippen LogP contribution < -0.4 is 0 Å². The highest BCUT2D eigenvalue weighted by atomic mass is 79.9. The zero-order valence-corrected chi connectivity index (χ0v) is 12.0. The van der Waals surface area contributed by atoms with Gasteiger partial charge in [-0.15, -0.1) is 0 Å². The summed E-state index contributed by atoms with van der Waals surface area (Å²) in [4.78, 5) is 19.4. The number of carboxylic acids is 1. The maximum absolute atomic E-state index is 11.5. The van der Waals surface area contributed by atoms with Crippen LogP contribution in [0.15, 0.2) is 41.3 Å². The topological polar surface area (TPSA) is 63.1 Å². The van der Waals surface area contributed by atoms with Crippen LogP contribution in [0.4, 0.5) is 0 Å². The van der Waals surface area contributed by atoms with E-state index in [2.05, 4.69) is 25.9 Å². The highest BCUT2D eigenvalue weighted by Gasteiger charge is 2.24. The molecule has 1 heterocycles. The van der Waals surface area contributed by atoms with Crippen molar-refractivity contribution in [3.05, 3.63) is 58.1 Å². The summed E-state index contributed by atoms with van der Waals surface area (Å²) in [5.41, 5.74) is 2.60. The number of hydrogen-bond donors (Lipinski definition) is 1. The maximum Gasteiger partial charge on any atom is 0.312 e. The van der Waals surface area contributed by atoms with Crippen molar-refractivity contribution in [2.24, 2.45) is 0 Å². The number of hydrogen-bond acceptors (Lipinski definition) is 3. The molecule has 0 bridgehead atoms. The first kappa shape index (κ1) is 13.7. The fourth-order valence-corrected chi connectivity index (χ4v) is 2.44. The molecule has 5 heteroatoms. The summed E-state index contributed by atoms with van der Waals surface area (Å²) in [6, 6.07) is 7.77. The lowest BCUT2D eigenvalue weighted by Gasteiger charge is -2.14. The molecule has 1 aromatic heterocycles. The van der Waals surface area contributed by atoms with Crippen LogP contribution in [-0.2, 0) is 11.2 Å². The summed E-state index contributed by atoms with van der Waals surface area (Å²) in [6.07, 6.45) is 3.35. The first-order valence-electron chi connectivity index (χ1n) is 5.82. The van der Waals surface area contributed by atoms with Gasteiger partial charge in [-0.3, -0.25) is 4.79 Å².